The second-order valence-corrected chi connectivity index (χ2v) is 6.83. The number of carbonyl (C=O) groups excluding carboxylic acids is 1. The normalized spacial score (nSPS) is 22.7. The molecule has 4 nitrogen and oxygen atoms in total. The molecule has 0 aliphatic carbocycles. The minimum absolute atomic E-state index is 0.0980. The lowest BCUT2D eigenvalue weighted by molar-refractivity contribution is -0.180. The second-order valence-electron chi connectivity index (χ2n) is 6.83. The zero-order valence-corrected chi connectivity index (χ0v) is 15.3. The van der Waals surface area contributed by atoms with Crippen LogP contribution in [0.3, 0.4) is 0 Å². The third-order valence-corrected chi connectivity index (χ3v) is 4.49. The van der Waals surface area contributed by atoms with Gasteiger partial charge in [-0.05, 0) is 24.3 Å². The van der Waals surface area contributed by atoms with Crippen LogP contribution in [0, 0.1) is 5.92 Å². The molecule has 0 saturated carbocycles. The molecule has 2 rings (SSSR count). The Hall–Kier alpha value is -1.39. The molecule has 1 aliphatic rings. The fourth-order valence-corrected chi connectivity index (χ4v) is 3.07. The minimum Gasteiger partial charge on any atom is -0.466 e. The highest BCUT2D eigenvalue weighted by molar-refractivity contribution is 5.69. The molecule has 1 aromatic rings. The molecular formula is C20H30O4. The van der Waals surface area contributed by atoms with E-state index in [1.54, 1.807) is 0 Å². The van der Waals surface area contributed by atoms with Crippen LogP contribution in [-0.4, -0.2) is 24.5 Å². The highest BCUT2D eigenvalue weighted by Gasteiger charge is 2.45. The molecule has 0 unspecified atom stereocenters. The van der Waals surface area contributed by atoms with Crippen molar-refractivity contribution in [2.45, 2.75) is 71.4 Å². The van der Waals surface area contributed by atoms with Crippen molar-refractivity contribution in [2.75, 3.05) is 6.61 Å². The van der Waals surface area contributed by atoms with Gasteiger partial charge in [-0.2, -0.15) is 0 Å². The Balaban J connectivity index is 2.00. The van der Waals surface area contributed by atoms with Crippen LogP contribution in [0.25, 0.3) is 0 Å². The monoisotopic (exact) mass is 334 g/mol. The highest BCUT2D eigenvalue weighted by Crippen LogP contribution is 2.43. The zero-order chi connectivity index (χ0) is 17.6. The van der Waals surface area contributed by atoms with E-state index in [1.807, 2.05) is 32.0 Å². The molecule has 0 aromatic heterocycles. The number of ether oxygens (including phenoxy) is 3. The predicted molar refractivity (Wildman–Crippen MR) is 93.5 cm³/mol. The molecule has 0 radical (unpaired) electrons. The van der Waals surface area contributed by atoms with Crippen molar-refractivity contribution in [3.8, 4) is 0 Å². The second kappa shape index (κ2) is 8.63. The first-order chi connectivity index (χ1) is 11.5. The maximum Gasteiger partial charge on any atom is 0.306 e. The Bertz CT molecular complexity index is 508. The molecule has 1 heterocycles. The SMILES string of the molecule is CCC1(CC)O[C@@H](CCOC(=O)CC(C)C)[C@H](c2ccccc2)O1. The van der Waals surface area contributed by atoms with E-state index in [2.05, 4.69) is 26.0 Å². The summed E-state index contributed by atoms with van der Waals surface area (Å²) in [5.41, 5.74) is 1.11. The fourth-order valence-electron chi connectivity index (χ4n) is 3.07. The summed E-state index contributed by atoms with van der Waals surface area (Å²) in [4.78, 5) is 11.7. The summed E-state index contributed by atoms with van der Waals surface area (Å²) in [5, 5.41) is 0. The largest absolute Gasteiger partial charge is 0.466 e. The van der Waals surface area contributed by atoms with E-state index in [9.17, 15) is 4.79 Å². The van der Waals surface area contributed by atoms with Crippen LogP contribution in [0.1, 0.15) is 65.0 Å². The van der Waals surface area contributed by atoms with Gasteiger partial charge in [0.25, 0.3) is 0 Å². The molecular weight excluding hydrogens is 304 g/mol. The lowest BCUT2D eigenvalue weighted by atomic mass is 10.0. The molecule has 134 valence electrons. The smallest absolute Gasteiger partial charge is 0.306 e. The average Bonchev–Trinajstić information content (AvgIpc) is 2.95. The summed E-state index contributed by atoms with van der Waals surface area (Å²) >= 11 is 0. The lowest BCUT2D eigenvalue weighted by Gasteiger charge is -2.25. The Kier molecular flexibility index (Phi) is 6.81. The molecule has 0 amide bonds. The van der Waals surface area contributed by atoms with Crippen LogP contribution in [0.4, 0.5) is 0 Å². The maximum atomic E-state index is 11.7. The van der Waals surface area contributed by atoms with Crippen molar-refractivity contribution in [1.29, 1.82) is 0 Å². The van der Waals surface area contributed by atoms with Crippen molar-refractivity contribution in [2.24, 2.45) is 5.92 Å². The van der Waals surface area contributed by atoms with E-state index in [4.69, 9.17) is 14.2 Å². The van der Waals surface area contributed by atoms with E-state index >= 15 is 0 Å². The van der Waals surface area contributed by atoms with Gasteiger partial charge in [0.1, 0.15) is 6.10 Å². The maximum absolute atomic E-state index is 11.7. The summed E-state index contributed by atoms with van der Waals surface area (Å²) in [6.45, 7) is 8.55. The van der Waals surface area contributed by atoms with Gasteiger partial charge in [0.2, 0.25) is 0 Å². The van der Waals surface area contributed by atoms with Gasteiger partial charge < -0.3 is 14.2 Å². The van der Waals surface area contributed by atoms with Gasteiger partial charge in [0.05, 0.1) is 12.7 Å². The molecule has 4 heteroatoms. The van der Waals surface area contributed by atoms with Crippen molar-refractivity contribution in [3.05, 3.63) is 35.9 Å². The predicted octanol–water partition coefficient (Wildman–Crippen LogP) is 4.64. The molecule has 1 fully saturated rings. The topological polar surface area (TPSA) is 44.8 Å². The standard InChI is InChI=1S/C20H30O4/c1-5-20(6-2)23-17(12-13-22-18(21)14-15(3)4)19(24-20)16-10-8-7-9-11-16/h7-11,15,17,19H,5-6,12-14H2,1-4H3/t17-,19-/m0/s1. The first-order valence-electron chi connectivity index (χ1n) is 9.06. The van der Waals surface area contributed by atoms with Gasteiger partial charge in [-0.3, -0.25) is 4.79 Å². The number of benzene rings is 1. The van der Waals surface area contributed by atoms with Gasteiger partial charge in [0, 0.05) is 12.8 Å². The molecule has 1 aliphatic heterocycles. The molecule has 2 atom stereocenters. The van der Waals surface area contributed by atoms with Crippen molar-refractivity contribution >= 4 is 5.97 Å². The molecule has 0 spiro atoms. The van der Waals surface area contributed by atoms with Crippen molar-refractivity contribution < 1.29 is 19.0 Å². The Morgan fingerprint density at radius 2 is 1.83 bits per heavy atom. The summed E-state index contributed by atoms with van der Waals surface area (Å²) in [6.07, 6.45) is 2.49. The minimum atomic E-state index is -0.535. The number of carbonyl (C=O) groups is 1. The fraction of sp³-hybridized carbons (Fsp3) is 0.650. The van der Waals surface area contributed by atoms with E-state index in [0.717, 1.165) is 18.4 Å². The van der Waals surface area contributed by atoms with Crippen LogP contribution >= 0.6 is 0 Å². The quantitative estimate of drug-likeness (QED) is 0.650. The van der Waals surface area contributed by atoms with Crippen LogP contribution in [-0.2, 0) is 19.0 Å². The van der Waals surface area contributed by atoms with Crippen LogP contribution in [0.15, 0.2) is 30.3 Å². The molecule has 1 aromatic carbocycles. The van der Waals surface area contributed by atoms with Gasteiger partial charge in [-0.25, -0.2) is 0 Å². The van der Waals surface area contributed by atoms with E-state index in [0.29, 0.717) is 25.4 Å². The van der Waals surface area contributed by atoms with Gasteiger partial charge in [0.15, 0.2) is 5.79 Å². The van der Waals surface area contributed by atoms with E-state index in [-0.39, 0.29) is 18.2 Å². The first kappa shape index (κ1) is 18.9. The number of hydrogen-bond acceptors (Lipinski definition) is 4. The molecule has 24 heavy (non-hydrogen) atoms. The van der Waals surface area contributed by atoms with Crippen LogP contribution in [0.2, 0.25) is 0 Å². The summed E-state index contributed by atoms with van der Waals surface area (Å²) in [7, 11) is 0. The van der Waals surface area contributed by atoms with Crippen molar-refractivity contribution in [1.82, 2.24) is 0 Å². The van der Waals surface area contributed by atoms with Gasteiger partial charge >= 0.3 is 5.97 Å². The number of esters is 1. The van der Waals surface area contributed by atoms with E-state index in [1.165, 1.54) is 0 Å². The zero-order valence-electron chi connectivity index (χ0n) is 15.3. The average molecular weight is 334 g/mol. The molecule has 1 saturated heterocycles. The summed E-state index contributed by atoms with van der Waals surface area (Å²) in [5.74, 6) is -0.362. The Morgan fingerprint density at radius 3 is 2.42 bits per heavy atom. The van der Waals surface area contributed by atoms with Gasteiger partial charge in [-0.15, -0.1) is 0 Å². The third-order valence-electron chi connectivity index (χ3n) is 4.49. The first-order valence-corrected chi connectivity index (χ1v) is 9.06. The van der Waals surface area contributed by atoms with Gasteiger partial charge in [-0.1, -0.05) is 58.0 Å². The Morgan fingerprint density at radius 1 is 1.17 bits per heavy atom. The van der Waals surface area contributed by atoms with Crippen molar-refractivity contribution in [3.63, 3.8) is 0 Å². The van der Waals surface area contributed by atoms with Crippen LogP contribution in [0.5, 0.6) is 0 Å². The number of hydrogen-bond donors (Lipinski definition) is 0. The molecule has 0 N–H and O–H groups in total. The number of rotatable bonds is 8. The molecule has 0 bridgehead atoms. The third kappa shape index (κ3) is 4.81. The summed E-state index contributed by atoms with van der Waals surface area (Å²) in [6, 6.07) is 10.1. The highest BCUT2D eigenvalue weighted by atomic mass is 16.8. The lowest BCUT2D eigenvalue weighted by Crippen LogP contribution is -2.29. The van der Waals surface area contributed by atoms with Crippen LogP contribution < -0.4 is 0 Å². The Labute approximate surface area is 145 Å². The van der Waals surface area contributed by atoms with E-state index < -0.39 is 5.79 Å². The summed E-state index contributed by atoms with van der Waals surface area (Å²) < 4.78 is 17.9.